The van der Waals surface area contributed by atoms with E-state index >= 15 is 0 Å². The summed E-state index contributed by atoms with van der Waals surface area (Å²) in [4.78, 5) is 8.56. The number of anilines is 1. The second-order valence-corrected chi connectivity index (χ2v) is 6.91. The fourth-order valence-corrected chi connectivity index (χ4v) is 2.83. The number of nitrogens with zero attached hydrogens (tertiary/aromatic N) is 4. The summed E-state index contributed by atoms with van der Waals surface area (Å²) in [6.45, 7) is 8.48. The predicted molar refractivity (Wildman–Crippen MR) is 93.3 cm³/mol. The van der Waals surface area contributed by atoms with Crippen molar-refractivity contribution in [3.8, 4) is 0 Å². The fraction of sp³-hybridized carbons (Fsp3) is 0.389. The van der Waals surface area contributed by atoms with E-state index in [9.17, 15) is 0 Å². The molecule has 0 atom stereocenters. The molecule has 2 aromatic heterocycles. The van der Waals surface area contributed by atoms with Crippen LogP contribution in [0.5, 0.6) is 0 Å². The van der Waals surface area contributed by atoms with Gasteiger partial charge in [0.2, 0.25) is 0 Å². The standard InChI is InChI=1S/C18H23N5/c1-12-7-5-6-8-13(12)9-10-14-15-16(19)20-11-21-17(15)23(22-14)18(2,3)4/h5-8,11H,9-10H2,1-4H3,(H2,19,20,21). The van der Waals surface area contributed by atoms with Crippen LogP contribution >= 0.6 is 0 Å². The van der Waals surface area contributed by atoms with Crippen molar-refractivity contribution in [3.05, 3.63) is 47.4 Å². The Morgan fingerprint density at radius 3 is 2.52 bits per heavy atom. The minimum Gasteiger partial charge on any atom is -0.383 e. The molecule has 0 saturated carbocycles. The SMILES string of the molecule is Cc1ccccc1CCc1nn(C(C)(C)C)c2ncnc(N)c12. The summed E-state index contributed by atoms with van der Waals surface area (Å²) in [6.07, 6.45) is 3.26. The van der Waals surface area contributed by atoms with Gasteiger partial charge in [0, 0.05) is 0 Å². The number of rotatable bonds is 3. The third kappa shape index (κ3) is 2.91. The number of nitrogens with two attached hydrogens (primary N) is 1. The maximum Gasteiger partial charge on any atom is 0.164 e. The average molecular weight is 309 g/mol. The lowest BCUT2D eigenvalue weighted by atomic mass is 10.0. The second kappa shape index (κ2) is 5.65. The summed E-state index contributed by atoms with van der Waals surface area (Å²) in [5.41, 5.74) is 10.4. The highest BCUT2D eigenvalue weighted by Gasteiger charge is 2.22. The Bertz CT molecular complexity index is 842. The van der Waals surface area contributed by atoms with Crippen molar-refractivity contribution in [2.24, 2.45) is 0 Å². The number of hydrogen-bond acceptors (Lipinski definition) is 4. The average Bonchev–Trinajstić information content (AvgIpc) is 2.87. The molecule has 0 saturated heterocycles. The first-order valence-corrected chi connectivity index (χ1v) is 7.91. The van der Waals surface area contributed by atoms with Crippen LogP contribution in [0.4, 0.5) is 5.82 Å². The lowest BCUT2D eigenvalue weighted by Gasteiger charge is -2.19. The van der Waals surface area contributed by atoms with E-state index in [2.05, 4.69) is 61.9 Å². The highest BCUT2D eigenvalue weighted by atomic mass is 15.3. The van der Waals surface area contributed by atoms with Gasteiger partial charge in [-0.05, 0) is 51.7 Å². The Hall–Kier alpha value is -2.43. The number of aromatic nitrogens is 4. The molecule has 0 spiro atoms. The summed E-state index contributed by atoms with van der Waals surface area (Å²) in [7, 11) is 0. The van der Waals surface area contributed by atoms with Crippen LogP contribution in [0.1, 0.15) is 37.6 Å². The molecule has 0 amide bonds. The molecule has 3 aromatic rings. The zero-order chi connectivity index (χ0) is 16.6. The van der Waals surface area contributed by atoms with Crippen LogP contribution in [-0.4, -0.2) is 19.7 Å². The van der Waals surface area contributed by atoms with Crippen LogP contribution in [-0.2, 0) is 18.4 Å². The van der Waals surface area contributed by atoms with E-state index < -0.39 is 0 Å². The molecular weight excluding hydrogens is 286 g/mol. The molecular formula is C18H23N5. The van der Waals surface area contributed by atoms with Crippen molar-refractivity contribution in [2.45, 2.75) is 46.1 Å². The zero-order valence-electron chi connectivity index (χ0n) is 14.2. The monoisotopic (exact) mass is 309 g/mol. The van der Waals surface area contributed by atoms with Gasteiger partial charge in [-0.1, -0.05) is 24.3 Å². The molecule has 0 aliphatic carbocycles. The zero-order valence-corrected chi connectivity index (χ0v) is 14.2. The first-order valence-electron chi connectivity index (χ1n) is 7.91. The molecule has 0 bridgehead atoms. The van der Waals surface area contributed by atoms with Gasteiger partial charge in [0.05, 0.1) is 16.6 Å². The van der Waals surface area contributed by atoms with Crippen molar-refractivity contribution in [3.63, 3.8) is 0 Å². The van der Waals surface area contributed by atoms with Crippen molar-refractivity contribution in [1.29, 1.82) is 0 Å². The largest absolute Gasteiger partial charge is 0.383 e. The maximum atomic E-state index is 6.11. The van der Waals surface area contributed by atoms with Gasteiger partial charge in [0.1, 0.15) is 12.1 Å². The molecule has 0 fully saturated rings. The van der Waals surface area contributed by atoms with E-state index in [-0.39, 0.29) is 5.54 Å². The van der Waals surface area contributed by atoms with E-state index in [1.54, 1.807) is 0 Å². The number of aryl methyl sites for hydroxylation is 3. The second-order valence-electron chi connectivity index (χ2n) is 6.91. The van der Waals surface area contributed by atoms with Crippen molar-refractivity contribution in [1.82, 2.24) is 19.7 Å². The molecule has 1 aromatic carbocycles. The summed E-state index contributed by atoms with van der Waals surface area (Å²) in [5, 5.41) is 5.69. The van der Waals surface area contributed by atoms with Crippen LogP contribution in [0.3, 0.4) is 0 Å². The molecule has 23 heavy (non-hydrogen) atoms. The van der Waals surface area contributed by atoms with Gasteiger partial charge in [-0.25, -0.2) is 14.6 Å². The van der Waals surface area contributed by atoms with E-state index in [0.717, 1.165) is 29.6 Å². The Morgan fingerprint density at radius 1 is 1.09 bits per heavy atom. The maximum absolute atomic E-state index is 6.11. The normalized spacial score (nSPS) is 12.0. The van der Waals surface area contributed by atoms with Gasteiger partial charge in [-0.3, -0.25) is 0 Å². The highest BCUT2D eigenvalue weighted by molar-refractivity contribution is 5.88. The lowest BCUT2D eigenvalue weighted by Crippen LogP contribution is -2.23. The number of fused-ring (bicyclic) bond motifs is 1. The quantitative estimate of drug-likeness (QED) is 0.806. The van der Waals surface area contributed by atoms with Crippen LogP contribution in [0, 0.1) is 6.92 Å². The van der Waals surface area contributed by atoms with Crippen molar-refractivity contribution < 1.29 is 0 Å². The Balaban J connectivity index is 2.02. The molecule has 5 heteroatoms. The first kappa shape index (κ1) is 15.5. The summed E-state index contributed by atoms with van der Waals surface area (Å²) in [6, 6.07) is 8.44. The molecule has 2 heterocycles. The molecule has 3 rings (SSSR count). The van der Waals surface area contributed by atoms with Gasteiger partial charge in [-0.15, -0.1) is 0 Å². The third-order valence-electron chi connectivity index (χ3n) is 4.09. The van der Waals surface area contributed by atoms with E-state index in [0.29, 0.717) is 5.82 Å². The van der Waals surface area contributed by atoms with Crippen LogP contribution in [0.25, 0.3) is 11.0 Å². The molecule has 2 N–H and O–H groups in total. The first-order chi connectivity index (χ1) is 10.9. The topological polar surface area (TPSA) is 69.6 Å². The predicted octanol–water partition coefficient (Wildman–Crippen LogP) is 3.26. The van der Waals surface area contributed by atoms with Gasteiger partial charge in [0.15, 0.2) is 5.65 Å². The Labute approximate surface area is 136 Å². The molecule has 0 radical (unpaired) electrons. The van der Waals surface area contributed by atoms with E-state index in [1.807, 2.05) is 4.68 Å². The van der Waals surface area contributed by atoms with E-state index in [4.69, 9.17) is 10.8 Å². The molecule has 5 nitrogen and oxygen atoms in total. The minimum absolute atomic E-state index is 0.153. The Morgan fingerprint density at radius 2 is 1.83 bits per heavy atom. The number of hydrogen-bond donors (Lipinski definition) is 1. The number of benzene rings is 1. The lowest BCUT2D eigenvalue weighted by molar-refractivity contribution is 0.363. The molecule has 0 aliphatic heterocycles. The van der Waals surface area contributed by atoms with Crippen LogP contribution < -0.4 is 5.73 Å². The molecule has 0 aliphatic rings. The van der Waals surface area contributed by atoms with E-state index in [1.165, 1.54) is 17.5 Å². The minimum atomic E-state index is -0.153. The molecule has 120 valence electrons. The summed E-state index contributed by atoms with van der Waals surface area (Å²) < 4.78 is 1.95. The van der Waals surface area contributed by atoms with Gasteiger partial charge in [0.25, 0.3) is 0 Å². The van der Waals surface area contributed by atoms with Crippen LogP contribution in [0.15, 0.2) is 30.6 Å². The Kier molecular flexibility index (Phi) is 3.80. The highest BCUT2D eigenvalue weighted by Crippen LogP contribution is 2.27. The summed E-state index contributed by atoms with van der Waals surface area (Å²) in [5.74, 6) is 0.505. The fourth-order valence-electron chi connectivity index (χ4n) is 2.83. The van der Waals surface area contributed by atoms with Crippen LogP contribution in [0.2, 0.25) is 0 Å². The van der Waals surface area contributed by atoms with Gasteiger partial charge < -0.3 is 5.73 Å². The van der Waals surface area contributed by atoms with Gasteiger partial charge >= 0.3 is 0 Å². The van der Waals surface area contributed by atoms with Gasteiger partial charge in [-0.2, -0.15) is 5.10 Å². The van der Waals surface area contributed by atoms with Crippen molar-refractivity contribution in [2.75, 3.05) is 5.73 Å². The third-order valence-corrected chi connectivity index (χ3v) is 4.09. The number of nitrogen functional groups attached to an aromatic ring is 1. The molecule has 0 unspecified atom stereocenters. The van der Waals surface area contributed by atoms with Crippen molar-refractivity contribution >= 4 is 16.9 Å². The smallest absolute Gasteiger partial charge is 0.164 e. The summed E-state index contributed by atoms with van der Waals surface area (Å²) >= 11 is 0.